The van der Waals surface area contributed by atoms with Crippen LogP contribution in [0, 0.1) is 40.3 Å². The summed E-state index contributed by atoms with van der Waals surface area (Å²) in [4.78, 5) is 0. The van der Waals surface area contributed by atoms with Crippen LogP contribution < -0.4 is 0 Å². The first kappa shape index (κ1) is 12.4. The van der Waals surface area contributed by atoms with Gasteiger partial charge in [-0.2, -0.15) is 10.5 Å². The van der Waals surface area contributed by atoms with E-state index in [0.717, 1.165) is 0 Å². The molecule has 0 aliphatic heterocycles. The van der Waals surface area contributed by atoms with Gasteiger partial charge in [0.15, 0.2) is 0 Å². The van der Waals surface area contributed by atoms with Gasteiger partial charge in [-0.05, 0) is 24.3 Å². The number of benzene rings is 2. The minimum Gasteiger partial charge on any atom is -0.206 e. The topological polar surface area (TPSA) is 47.6 Å². The molecule has 0 bridgehead atoms. The predicted molar refractivity (Wildman–Crippen MR) is 68.3 cm³/mol. The molecule has 0 saturated heterocycles. The van der Waals surface area contributed by atoms with E-state index in [9.17, 15) is 4.39 Å². The summed E-state index contributed by atoms with van der Waals surface area (Å²) in [5.41, 5.74) is 1.17. The zero-order valence-corrected chi connectivity index (χ0v) is 9.81. The first-order valence-corrected chi connectivity index (χ1v) is 5.46. The molecule has 2 aromatic carbocycles. The minimum atomic E-state index is -0.541. The van der Waals surface area contributed by atoms with Crippen LogP contribution in [-0.2, 0) is 0 Å². The number of nitriles is 2. The summed E-state index contributed by atoms with van der Waals surface area (Å²) in [5, 5.41) is 17.8. The molecule has 0 aliphatic carbocycles. The maximum Gasteiger partial charge on any atom is 0.140 e. The second kappa shape index (κ2) is 5.50. The molecule has 0 radical (unpaired) electrons. The van der Waals surface area contributed by atoms with Gasteiger partial charge < -0.3 is 0 Å². The van der Waals surface area contributed by atoms with Crippen molar-refractivity contribution >= 4 is 0 Å². The van der Waals surface area contributed by atoms with Gasteiger partial charge in [-0.1, -0.05) is 30.0 Å². The van der Waals surface area contributed by atoms with Gasteiger partial charge in [-0.25, -0.2) is 4.39 Å². The number of rotatable bonds is 0. The third-order valence-electron chi connectivity index (χ3n) is 2.50. The molecule has 0 aromatic heterocycles. The van der Waals surface area contributed by atoms with Crippen molar-refractivity contribution in [2.45, 2.75) is 0 Å². The maximum atomic E-state index is 13.6. The van der Waals surface area contributed by atoms with Gasteiger partial charge in [0.05, 0.1) is 16.7 Å². The first-order valence-electron chi connectivity index (χ1n) is 5.46. The van der Waals surface area contributed by atoms with Crippen molar-refractivity contribution in [3.8, 4) is 24.0 Å². The third-order valence-corrected chi connectivity index (χ3v) is 2.50. The molecule has 0 N–H and O–H groups in total. The minimum absolute atomic E-state index is 0.0535. The standard InChI is InChI=1S/C16H7FN2/c17-16-7-3-6-14(11-19)15(16)9-8-12-4-1-2-5-13(12)10-18/h1-7H. The Bertz CT molecular complexity index is 768. The molecule has 0 heterocycles. The van der Waals surface area contributed by atoms with Gasteiger partial charge in [0.2, 0.25) is 0 Å². The summed E-state index contributed by atoms with van der Waals surface area (Å²) in [5.74, 6) is 4.82. The Morgan fingerprint density at radius 2 is 1.37 bits per heavy atom. The monoisotopic (exact) mass is 246 g/mol. The fourth-order valence-electron chi connectivity index (χ4n) is 1.56. The van der Waals surface area contributed by atoms with E-state index in [2.05, 4.69) is 11.8 Å². The van der Waals surface area contributed by atoms with Gasteiger partial charge in [-0.3, -0.25) is 0 Å². The summed E-state index contributed by atoms with van der Waals surface area (Å²) >= 11 is 0. The molecule has 0 saturated carbocycles. The van der Waals surface area contributed by atoms with Crippen molar-refractivity contribution in [1.29, 1.82) is 10.5 Å². The molecule has 88 valence electrons. The maximum absolute atomic E-state index is 13.6. The van der Waals surface area contributed by atoms with E-state index in [1.165, 1.54) is 18.2 Å². The van der Waals surface area contributed by atoms with Gasteiger partial charge in [0.25, 0.3) is 0 Å². The van der Waals surface area contributed by atoms with Gasteiger partial charge in [-0.15, -0.1) is 0 Å². The molecule has 0 amide bonds. The van der Waals surface area contributed by atoms with Gasteiger partial charge in [0, 0.05) is 5.56 Å². The van der Waals surface area contributed by atoms with Crippen LogP contribution in [0.2, 0.25) is 0 Å². The van der Waals surface area contributed by atoms with Crippen LogP contribution in [0.4, 0.5) is 4.39 Å². The van der Waals surface area contributed by atoms with Crippen LogP contribution in [0.3, 0.4) is 0 Å². The lowest BCUT2D eigenvalue weighted by Gasteiger charge is -1.97. The third kappa shape index (κ3) is 2.60. The Morgan fingerprint density at radius 3 is 2.05 bits per heavy atom. The zero-order chi connectivity index (χ0) is 13.7. The average molecular weight is 246 g/mol. The molecule has 2 nitrogen and oxygen atoms in total. The molecule has 0 unspecified atom stereocenters. The lowest BCUT2D eigenvalue weighted by atomic mass is 10.1. The predicted octanol–water partition coefficient (Wildman–Crippen LogP) is 2.97. The number of hydrogen-bond acceptors (Lipinski definition) is 2. The highest BCUT2D eigenvalue weighted by atomic mass is 19.1. The van der Waals surface area contributed by atoms with E-state index in [4.69, 9.17) is 10.5 Å². The molecular weight excluding hydrogens is 239 g/mol. The molecule has 2 rings (SSSR count). The van der Waals surface area contributed by atoms with E-state index >= 15 is 0 Å². The fraction of sp³-hybridized carbons (Fsp3) is 0. The summed E-state index contributed by atoms with van der Waals surface area (Å²) < 4.78 is 13.6. The second-order valence-electron chi connectivity index (χ2n) is 3.68. The van der Waals surface area contributed by atoms with Crippen LogP contribution in [0.25, 0.3) is 0 Å². The molecule has 0 aliphatic rings. The van der Waals surface area contributed by atoms with Crippen molar-refractivity contribution in [2.75, 3.05) is 0 Å². The molecule has 0 atom stereocenters. The van der Waals surface area contributed by atoms with Gasteiger partial charge in [0.1, 0.15) is 18.0 Å². The fourth-order valence-corrected chi connectivity index (χ4v) is 1.56. The van der Waals surface area contributed by atoms with Gasteiger partial charge >= 0.3 is 0 Å². The SMILES string of the molecule is N#Cc1ccccc1C#Cc1c(F)cccc1C#N. The van der Waals surface area contributed by atoms with E-state index in [0.29, 0.717) is 11.1 Å². The highest BCUT2D eigenvalue weighted by molar-refractivity contribution is 5.54. The van der Waals surface area contributed by atoms with E-state index in [1.807, 2.05) is 12.1 Å². The number of nitrogens with zero attached hydrogens (tertiary/aromatic N) is 2. The summed E-state index contributed by atoms with van der Waals surface area (Å²) in [6.45, 7) is 0. The van der Waals surface area contributed by atoms with Crippen LogP contribution >= 0.6 is 0 Å². The number of hydrogen-bond donors (Lipinski definition) is 0. The van der Waals surface area contributed by atoms with Crippen LogP contribution in [0.1, 0.15) is 22.3 Å². The Balaban J connectivity index is 2.53. The first-order chi connectivity index (χ1) is 9.26. The lowest BCUT2D eigenvalue weighted by molar-refractivity contribution is 0.624. The number of halogens is 1. The Kier molecular flexibility index (Phi) is 3.58. The van der Waals surface area contributed by atoms with Crippen molar-refractivity contribution < 1.29 is 4.39 Å². The summed E-state index contributed by atoms with van der Waals surface area (Å²) in [7, 11) is 0. The van der Waals surface area contributed by atoms with E-state index < -0.39 is 5.82 Å². The molecular formula is C16H7FN2. The van der Waals surface area contributed by atoms with Crippen molar-refractivity contribution in [3.05, 3.63) is 70.5 Å². The normalized spacial score (nSPS) is 8.79. The van der Waals surface area contributed by atoms with Crippen molar-refractivity contribution in [1.82, 2.24) is 0 Å². The summed E-state index contributed by atoms with van der Waals surface area (Å²) in [6.07, 6.45) is 0. The molecule has 19 heavy (non-hydrogen) atoms. The largest absolute Gasteiger partial charge is 0.206 e. The Morgan fingerprint density at radius 1 is 0.737 bits per heavy atom. The molecule has 0 fully saturated rings. The molecule has 2 aromatic rings. The Labute approximate surface area is 110 Å². The van der Waals surface area contributed by atoms with Crippen LogP contribution in [0.15, 0.2) is 42.5 Å². The Hall–Kier alpha value is -3.09. The molecule has 0 spiro atoms. The van der Waals surface area contributed by atoms with E-state index in [1.54, 1.807) is 24.3 Å². The smallest absolute Gasteiger partial charge is 0.140 e. The quantitative estimate of drug-likeness (QED) is 0.671. The highest BCUT2D eigenvalue weighted by Crippen LogP contribution is 2.12. The van der Waals surface area contributed by atoms with Crippen molar-refractivity contribution in [3.63, 3.8) is 0 Å². The van der Waals surface area contributed by atoms with Crippen LogP contribution in [0.5, 0.6) is 0 Å². The zero-order valence-electron chi connectivity index (χ0n) is 9.81. The van der Waals surface area contributed by atoms with Crippen molar-refractivity contribution in [2.24, 2.45) is 0 Å². The lowest BCUT2D eigenvalue weighted by Crippen LogP contribution is -1.89. The second-order valence-corrected chi connectivity index (χ2v) is 3.68. The molecule has 3 heteroatoms. The van der Waals surface area contributed by atoms with Crippen LogP contribution in [-0.4, -0.2) is 0 Å². The van der Waals surface area contributed by atoms with E-state index in [-0.39, 0.29) is 11.1 Å². The highest BCUT2D eigenvalue weighted by Gasteiger charge is 2.05. The summed E-state index contributed by atoms with van der Waals surface area (Å²) in [6, 6.07) is 14.9. The average Bonchev–Trinajstić information content (AvgIpc) is 2.46.